The number of aromatic nitrogens is 2. The first-order chi connectivity index (χ1) is 9.15. The van der Waals surface area contributed by atoms with Gasteiger partial charge in [-0.15, -0.1) is 0 Å². The van der Waals surface area contributed by atoms with Crippen molar-refractivity contribution in [2.24, 2.45) is 0 Å². The molecule has 2 rings (SSSR count). The molecular formula is C12H10BrClN4S. The zero-order chi connectivity index (χ0) is 13.7. The number of nitrogens with zero attached hydrogens (tertiary/aromatic N) is 2. The Morgan fingerprint density at radius 3 is 2.95 bits per heavy atom. The molecule has 2 N–H and O–H groups in total. The van der Waals surface area contributed by atoms with Crippen LogP contribution in [0.15, 0.2) is 41.3 Å². The number of halogens is 2. The van der Waals surface area contributed by atoms with Crippen LogP contribution >= 0.6 is 39.7 Å². The van der Waals surface area contributed by atoms with Crippen LogP contribution in [-0.4, -0.2) is 15.1 Å². The quantitative estimate of drug-likeness (QED) is 0.825. The monoisotopic (exact) mass is 356 g/mol. The highest BCUT2D eigenvalue weighted by Crippen LogP contribution is 2.22. The van der Waals surface area contributed by atoms with Gasteiger partial charge < -0.3 is 10.6 Å². The predicted molar refractivity (Wildman–Crippen MR) is 84.2 cm³/mol. The second-order valence-corrected chi connectivity index (χ2v) is 5.35. The molecule has 0 saturated carbocycles. The van der Waals surface area contributed by atoms with Crippen LogP contribution in [0, 0.1) is 0 Å². The van der Waals surface area contributed by atoms with E-state index in [1.54, 1.807) is 24.7 Å². The van der Waals surface area contributed by atoms with Crippen LogP contribution in [0.3, 0.4) is 0 Å². The van der Waals surface area contributed by atoms with Crippen molar-refractivity contribution in [1.29, 1.82) is 0 Å². The zero-order valence-electron chi connectivity index (χ0n) is 9.73. The molecule has 0 saturated heterocycles. The summed E-state index contributed by atoms with van der Waals surface area (Å²) in [7, 11) is 0. The molecule has 0 atom stereocenters. The lowest BCUT2D eigenvalue weighted by atomic mass is 10.3. The second-order valence-electron chi connectivity index (χ2n) is 3.65. The van der Waals surface area contributed by atoms with Crippen molar-refractivity contribution < 1.29 is 0 Å². The van der Waals surface area contributed by atoms with E-state index in [4.69, 9.17) is 23.8 Å². The van der Waals surface area contributed by atoms with E-state index in [2.05, 4.69) is 36.5 Å². The lowest BCUT2D eigenvalue weighted by Gasteiger charge is -2.11. The molecule has 7 heteroatoms. The fourth-order valence-corrected chi connectivity index (χ4v) is 2.25. The summed E-state index contributed by atoms with van der Waals surface area (Å²) in [4.78, 5) is 8.18. The van der Waals surface area contributed by atoms with E-state index >= 15 is 0 Å². The van der Waals surface area contributed by atoms with Crippen molar-refractivity contribution in [3.05, 3.63) is 51.8 Å². The molecule has 0 fully saturated rings. The van der Waals surface area contributed by atoms with Crippen molar-refractivity contribution in [3.63, 3.8) is 0 Å². The standard InChI is InChI=1S/C12H10BrClN4S/c13-10-4-9(14)7-16-11(10)18-12(19)17-6-8-2-1-3-15-5-8/h1-5,7H,6H2,(H2,16,17,18,19). The van der Waals surface area contributed by atoms with Crippen LogP contribution in [0.25, 0.3) is 0 Å². The molecular weight excluding hydrogens is 348 g/mol. The van der Waals surface area contributed by atoms with E-state index in [1.165, 1.54) is 0 Å². The topological polar surface area (TPSA) is 49.8 Å². The van der Waals surface area contributed by atoms with Crippen LogP contribution in [0.2, 0.25) is 5.02 Å². The van der Waals surface area contributed by atoms with Crippen LogP contribution in [-0.2, 0) is 6.54 Å². The fraction of sp³-hybridized carbons (Fsp3) is 0.0833. The van der Waals surface area contributed by atoms with Crippen LogP contribution in [0.4, 0.5) is 5.82 Å². The lowest BCUT2D eigenvalue weighted by Crippen LogP contribution is -2.28. The Morgan fingerprint density at radius 2 is 2.26 bits per heavy atom. The van der Waals surface area contributed by atoms with E-state index in [0.717, 1.165) is 10.0 Å². The maximum absolute atomic E-state index is 5.82. The Kier molecular flexibility index (Phi) is 5.07. The molecule has 0 aliphatic carbocycles. The average Bonchev–Trinajstić information content (AvgIpc) is 2.41. The Labute approximate surface area is 129 Å². The minimum absolute atomic E-state index is 0.486. The Balaban J connectivity index is 1.91. The highest BCUT2D eigenvalue weighted by Gasteiger charge is 2.04. The van der Waals surface area contributed by atoms with Crippen molar-refractivity contribution >= 4 is 50.7 Å². The summed E-state index contributed by atoms with van der Waals surface area (Å²) in [5, 5.41) is 7.11. The second kappa shape index (κ2) is 6.79. The number of nitrogens with one attached hydrogen (secondary N) is 2. The first-order valence-electron chi connectivity index (χ1n) is 5.40. The molecule has 0 spiro atoms. The highest BCUT2D eigenvalue weighted by atomic mass is 79.9. The molecule has 0 aromatic carbocycles. The van der Waals surface area contributed by atoms with Crippen LogP contribution in [0.5, 0.6) is 0 Å². The molecule has 19 heavy (non-hydrogen) atoms. The van der Waals surface area contributed by atoms with Gasteiger partial charge in [0.2, 0.25) is 0 Å². The molecule has 0 aliphatic heterocycles. The van der Waals surface area contributed by atoms with Gasteiger partial charge in [0.1, 0.15) is 5.82 Å². The maximum atomic E-state index is 5.82. The van der Waals surface area contributed by atoms with E-state index in [1.807, 2.05) is 12.1 Å². The molecule has 2 aromatic heterocycles. The summed E-state index contributed by atoms with van der Waals surface area (Å²) in [6, 6.07) is 5.60. The van der Waals surface area contributed by atoms with Gasteiger partial charge in [0, 0.05) is 25.1 Å². The molecule has 0 bridgehead atoms. The highest BCUT2D eigenvalue weighted by molar-refractivity contribution is 9.10. The molecule has 2 aromatic rings. The first kappa shape index (κ1) is 14.2. The maximum Gasteiger partial charge on any atom is 0.172 e. The molecule has 2 heterocycles. The van der Waals surface area contributed by atoms with Gasteiger partial charge in [0.25, 0.3) is 0 Å². The van der Waals surface area contributed by atoms with Gasteiger partial charge in [-0.1, -0.05) is 17.7 Å². The number of hydrogen-bond acceptors (Lipinski definition) is 3. The minimum atomic E-state index is 0.486. The molecule has 0 aliphatic rings. The summed E-state index contributed by atoms with van der Waals surface area (Å²) in [5.41, 5.74) is 1.05. The number of rotatable bonds is 3. The van der Waals surface area contributed by atoms with Gasteiger partial charge in [-0.05, 0) is 45.8 Å². The van der Waals surface area contributed by atoms with E-state index in [-0.39, 0.29) is 0 Å². The Bertz CT molecular complexity index is 579. The van der Waals surface area contributed by atoms with E-state index < -0.39 is 0 Å². The molecule has 0 radical (unpaired) electrons. The van der Waals surface area contributed by atoms with Gasteiger partial charge in [-0.25, -0.2) is 4.98 Å². The number of thiocarbonyl (C=S) groups is 1. The fourth-order valence-electron chi connectivity index (χ4n) is 1.34. The normalized spacial score (nSPS) is 10.0. The SMILES string of the molecule is S=C(NCc1cccnc1)Nc1ncc(Cl)cc1Br. The molecule has 4 nitrogen and oxygen atoms in total. The van der Waals surface area contributed by atoms with Crippen molar-refractivity contribution in [3.8, 4) is 0 Å². The van der Waals surface area contributed by atoms with E-state index in [9.17, 15) is 0 Å². The summed E-state index contributed by atoms with van der Waals surface area (Å²) in [6.45, 7) is 0.602. The zero-order valence-corrected chi connectivity index (χ0v) is 12.9. The smallest absolute Gasteiger partial charge is 0.172 e. The molecule has 0 unspecified atom stereocenters. The lowest BCUT2D eigenvalue weighted by molar-refractivity contribution is 0.915. The van der Waals surface area contributed by atoms with Gasteiger partial charge in [-0.3, -0.25) is 4.98 Å². The predicted octanol–water partition coefficient (Wildman–Crippen LogP) is 3.38. The van der Waals surface area contributed by atoms with Crippen molar-refractivity contribution in [2.75, 3.05) is 5.32 Å². The van der Waals surface area contributed by atoms with Crippen molar-refractivity contribution in [1.82, 2.24) is 15.3 Å². The number of pyridine rings is 2. The van der Waals surface area contributed by atoms with Crippen molar-refractivity contribution in [2.45, 2.75) is 6.54 Å². The summed E-state index contributed by atoms with van der Waals surface area (Å²) >= 11 is 14.4. The minimum Gasteiger partial charge on any atom is -0.358 e. The largest absolute Gasteiger partial charge is 0.358 e. The third-order valence-electron chi connectivity index (χ3n) is 2.22. The Hall–Kier alpha value is -1.24. The Morgan fingerprint density at radius 1 is 1.42 bits per heavy atom. The average molecular weight is 358 g/mol. The van der Waals surface area contributed by atoms with Gasteiger partial charge in [0.15, 0.2) is 5.11 Å². The summed E-state index contributed by atoms with van der Waals surface area (Å²) in [6.07, 6.45) is 5.07. The van der Waals surface area contributed by atoms with E-state index in [0.29, 0.717) is 22.5 Å². The van der Waals surface area contributed by atoms with Crippen LogP contribution < -0.4 is 10.6 Å². The first-order valence-corrected chi connectivity index (χ1v) is 6.98. The van der Waals surface area contributed by atoms with Gasteiger partial charge in [0.05, 0.1) is 9.50 Å². The van der Waals surface area contributed by atoms with Crippen LogP contribution in [0.1, 0.15) is 5.56 Å². The molecule has 0 amide bonds. The number of hydrogen-bond donors (Lipinski definition) is 2. The van der Waals surface area contributed by atoms with Gasteiger partial charge in [-0.2, -0.15) is 0 Å². The molecule has 98 valence electrons. The van der Waals surface area contributed by atoms with Gasteiger partial charge >= 0.3 is 0 Å². The third kappa shape index (κ3) is 4.41. The summed E-state index contributed by atoms with van der Waals surface area (Å²) in [5.74, 6) is 0.619. The number of anilines is 1. The third-order valence-corrected chi connectivity index (χ3v) is 3.27. The summed E-state index contributed by atoms with van der Waals surface area (Å²) < 4.78 is 0.755.